The predicted octanol–water partition coefficient (Wildman–Crippen LogP) is 0.632. The zero-order valence-corrected chi connectivity index (χ0v) is 12.0. The van der Waals surface area contributed by atoms with Gasteiger partial charge < -0.3 is 10.6 Å². The number of anilines is 1. The third kappa shape index (κ3) is 4.80. The topological polar surface area (TPSA) is 58.3 Å². The molecule has 0 bridgehead atoms. The molecule has 0 aliphatic carbocycles. The fraction of sp³-hybridized carbons (Fsp3) is 0.600. The summed E-state index contributed by atoms with van der Waals surface area (Å²) in [5.41, 5.74) is 6.19. The third-order valence-electron chi connectivity index (χ3n) is 3.63. The molecule has 0 amide bonds. The van der Waals surface area contributed by atoms with Crippen LogP contribution in [-0.4, -0.2) is 59.0 Å². The largest absolute Gasteiger partial charge is 0.396 e. The van der Waals surface area contributed by atoms with Crippen molar-refractivity contribution in [2.45, 2.75) is 19.3 Å². The molecule has 1 fully saturated rings. The number of piperazine rings is 1. The zero-order valence-electron chi connectivity index (χ0n) is 12.0. The molecular weight excluding hydrogens is 250 g/mol. The number of aryl methyl sites for hydroxylation is 1. The van der Waals surface area contributed by atoms with Gasteiger partial charge in [0.2, 0.25) is 0 Å². The van der Waals surface area contributed by atoms with Gasteiger partial charge in [0.25, 0.3) is 0 Å². The second kappa shape index (κ2) is 7.83. The maximum absolute atomic E-state index is 5.56. The first-order valence-corrected chi connectivity index (χ1v) is 7.22. The Balaban J connectivity index is 1.58. The lowest BCUT2D eigenvalue weighted by atomic mass is 10.2. The van der Waals surface area contributed by atoms with Gasteiger partial charge in [0.15, 0.2) is 0 Å². The number of nitrogens with zero attached hydrogens (tertiary/aromatic N) is 4. The normalized spacial score (nSPS) is 16.9. The van der Waals surface area contributed by atoms with Crippen LogP contribution in [0.1, 0.15) is 18.7 Å². The lowest BCUT2D eigenvalue weighted by Gasteiger charge is -2.33. The van der Waals surface area contributed by atoms with Crippen LogP contribution >= 0.6 is 0 Å². The summed E-state index contributed by atoms with van der Waals surface area (Å²) in [6.07, 6.45) is 11.9. The van der Waals surface area contributed by atoms with Crippen LogP contribution in [0.2, 0.25) is 0 Å². The first kappa shape index (κ1) is 14.8. The molecule has 2 heterocycles. The summed E-state index contributed by atoms with van der Waals surface area (Å²) in [5, 5.41) is 0. The van der Waals surface area contributed by atoms with E-state index >= 15 is 0 Å². The number of hydrogen-bond acceptors (Lipinski definition) is 5. The second-order valence-electron chi connectivity index (χ2n) is 5.21. The van der Waals surface area contributed by atoms with Crippen molar-refractivity contribution in [1.82, 2.24) is 19.8 Å². The summed E-state index contributed by atoms with van der Waals surface area (Å²) >= 11 is 0. The van der Waals surface area contributed by atoms with E-state index in [2.05, 4.69) is 25.7 Å². The van der Waals surface area contributed by atoms with E-state index in [4.69, 9.17) is 12.2 Å². The number of terminal acetylenes is 1. The molecule has 1 aliphatic rings. The summed E-state index contributed by atoms with van der Waals surface area (Å²) in [6.45, 7) is 6.36. The Bertz CT molecular complexity index is 429. The van der Waals surface area contributed by atoms with Crippen molar-refractivity contribution < 1.29 is 0 Å². The van der Waals surface area contributed by atoms with E-state index in [0.29, 0.717) is 5.69 Å². The van der Waals surface area contributed by atoms with E-state index in [1.165, 1.54) is 6.42 Å². The molecule has 0 radical (unpaired) electrons. The molecule has 2 rings (SSSR count). The Morgan fingerprint density at radius 3 is 2.40 bits per heavy atom. The maximum Gasteiger partial charge on any atom is 0.128 e. The Hall–Kier alpha value is -1.64. The van der Waals surface area contributed by atoms with Crippen molar-refractivity contribution >= 4 is 5.69 Å². The van der Waals surface area contributed by atoms with Crippen LogP contribution in [-0.2, 0) is 6.42 Å². The fourth-order valence-electron chi connectivity index (χ4n) is 2.41. The van der Waals surface area contributed by atoms with E-state index in [0.717, 1.165) is 57.9 Å². The predicted molar refractivity (Wildman–Crippen MR) is 81.1 cm³/mol. The van der Waals surface area contributed by atoms with E-state index < -0.39 is 0 Å². The van der Waals surface area contributed by atoms with E-state index in [-0.39, 0.29) is 0 Å². The van der Waals surface area contributed by atoms with Crippen molar-refractivity contribution in [1.29, 1.82) is 0 Å². The Labute approximate surface area is 121 Å². The van der Waals surface area contributed by atoms with Crippen molar-refractivity contribution in [3.8, 4) is 12.3 Å². The minimum atomic E-state index is 0.624. The van der Waals surface area contributed by atoms with Gasteiger partial charge in [0.05, 0.1) is 24.6 Å². The molecule has 5 heteroatoms. The van der Waals surface area contributed by atoms with Crippen LogP contribution in [0.15, 0.2) is 12.4 Å². The highest BCUT2D eigenvalue weighted by Crippen LogP contribution is 2.05. The third-order valence-corrected chi connectivity index (χ3v) is 3.63. The number of rotatable bonds is 6. The molecule has 108 valence electrons. The van der Waals surface area contributed by atoms with Gasteiger partial charge in [-0.1, -0.05) is 5.92 Å². The number of aromatic nitrogens is 2. The fourth-order valence-corrected chi connectivity index (χ4v) is 2.41. The minimum absolute atomic E-state index is 0.624. The smallest absolute Gasteiger partial charge is 0.128 e. The zero-order chi connectivity index (χ0) is 14.2. The quantitative estimate of drug-likeness (QED) is 0.608. The highest BCUT2D eigenvalue weighted by molar-refractivity contribution is 5.30. The summed E-state index contributed by atoms with van der Waals surface area (Å²) in [7, 11) is 0. The molecule has 2 N–H and O–H groups in total. The highest BCUT2D eigenvalue weighted by atomic mass is 15.3. The van der Waals surface area contributed by atoms with E-state index in [9.17, 15) is 0 Å². The Kier molecular flexibility index (Phi) is 5.78. The van der Waals surface area contributed by atoms with Crippen LogP contribution in [0, 0.1) is 12.3 Å². The van der Waals surface area contributed by atoms with Gasteiger partial charge in [-0.3, -0.25) is 4.90 Å². The molecule has 1 saturated heterocycles. The minimum Gasteiger partial charge on any atom is -0.396 e. The van der Waals surface area contributed by atoms with Gasteiger partial charge in [-0.15, -0.1) is 6.42 Å². The second-order valence-corrected chi connectivity index (χ2v) is 5.21. The number of unbranched alkanes of at least 4 members (excludes halogenated alkanes) is 1. The van der Waals surface area contributed by atoms with Crippen LogP contribution in [0.3, 0.4) is 0 Å². The molecule has 0 unspecified atom stereocenters. The monoisotopic (exact) mass is 273 g/mol. The van der Waals surface area contributed by atoms with Gasteiger partial charge in [-0.2, -0.15) is 0 Å². The summed E-state index contributed by atoms with van der Waals surface area (Å²) < 4.78 is 0. The number of nitrogen functional groups attached to an aromatic ring is 1. The first-order valence-electron chi connectivity index (χ1n) is 7.22. The van der Waals surface area contributed by atoms with Gasteiger partial charge >= 0.3 is 0 Å². The van der Waals surface area contributed by atoms with Gasteiger partial charge in [-0.25, -0.2) is 9.97 Å². The summed E-state index contributed by atoms with van der Waals surface area (Å²) in [5.74, 6) is 3.60. The van der Waals surface area contributed by atoms with Crippen molar-refractivity contribution in [3.63, 3.8) is 0 Å². The average Bonchev–Trinajstić information content (AvgIpc) is 2.47. The number of hydrogen-bond donors (Lipinski definition) is 1. The van der Waals surface area contributed by atoms with Crippen molar-refractivity contribution in [3.05, 3.63) is 18.2 Å². The maximum atomic E-state index is 5.56. The highest BCUT2D eigenvalue weighted by Gasteiger charge is 2.15. The van der Waals surface area contributed by atoms with Crippen LogP contribution in [0.5, 0.6) is 0 Å². The van der Waals surface area contributed by atoms with Crippen LogP contribution < -0.4 is 5.73 Å². The lowest BCUT2D eigenvalue weighted by molar-refractivity contribution is 0.142. The van der Waals surface area contributed by atoms with Crippen molar-refractivity contribution in [2.75, 3.05) is 45.0 Å². The molecule has 0 spiro atoms. The van der Waals surface area contributed by atoms with E-state index in [1.807, 2.05) is 0 Å². The molecule has 1 aliphatic heterocycles. The standard InChI is InChI=1S/C15H23N5/c1-2-6-19-8-10-20(11-9-19)7-4-3-5-15-17-12-14(16)13-18-15/h1,12-13H,3-11,16H2. The molecule has 0 saturated carbocycles. The first-order chi connectivity index (χ1) is 9.78. The van der Waals surface area contributed by atoms with Gasteiger partial charge in [0, 0.05) is 32.6 Å². The van der Waals surface area contributed by atoms with Crippen LogP contribution in [0.25, 0.3) is 0 Å². The Morgan fingerprint density at radius 2 is 1.75 bits per heavy atom. The molecule has 0 aromatic carbocycles. The average molecular weight is 273 g/mol. The van der Waals surface area contributed by atoms with Gasteiger partial charge in [-0.05, 0) is 19.4 Å². The molecule has 5 nitrogen and oxygen atoms in total. The molecule has 20 heavy (non-hydrogen) atoms. The number of nitrogens with two attached hydrogens (primary N) is 1. The SMILES string of the molecule is C#CCN1CCN(CCCCc2ncc(N)cn2)CC1. The Morgan fingerprint density at radius 1 is 1.10 bits per heavy atom. The lowest BCUT2D eigenvalue weighted by Crippen LogP contribution is -2.46. The molecular formula is C15H23N5. The molecule has 1 aromatic rings. The van der Waals surface area contributed by atoms with Gasteiger partial charge in [0.1, 0.15) is 5.82 Å². The molecule has 0 atom stereocenters. The summed E-state index contributed by atoms with van der Waals surface area (Å²) in [4.78, 5) is 13.3. The van der Waals surface area contributed by atoms with Crippen LogP contribution in [0.4, 0.5) is 5.69 Å². The summed E-state index contributed by atoms with van der Waals surface area (Å²) in [6, 6.07) is 0. The van der Waals surface area contributed by atoms with E-state index in [1.54, 1.807) is 12.4 Å². The molecule has 1 aromatic heterocycles. The van der Waals surface area contributed by atoms with Crippen molar-refractivity contribution in [2.24, 2.45) is 0 Å².